The third kappa shape index (κ3) is 2.68. The summed E-state index contributed by atoms with van der Waals surface area (Å²) in [7, 11) is 0. The largest absolute Gasteiger partial charge is 0.276 e. The highest BCUT2D eigenvalue weighted by Gasteiger charge is 1.93. The van der Waals surface area contributed by atoms with Crippen LogP contribution in [0.3, 0.4) is 0 Å². The minimum absolute atomic E-state index is 0.505. The molecule has 0 atom stereocenters. The second-order valence-electron chi connectivity index (χ2n) is 2.16. The lowest BCUT2D eigenvalue weighted by atomic mass is 10.2. The van der Waals surface area contributed by atoms with Gasteiger partial charge in [-0.3, -0.25) is 4.79 Å². The fourth-order valence-electron chi connectivity index (χ4n) is 0.766. The summed E-state index contributed by atoms with van der Waals surface area (Å²) in [5.74, 6) is 0. The molecular weight excluding hydrogens is 195 g/mol. The van der Waals surface area contributed by atoms with Gasteiger partial charge in [0.05, 0.1) is 0 Å². The average Bonchev–Trinajstić information content (AvgIpc) is 2.03. The highest BCUT2D eigenvalue weighted by Crippen LogP contribution is 2.16. The van der Waals surface area contributed by atoms with Gasteiger partial charge >= 0.3 is 0 Å². The number of carbonyl (C=O) groups is 1. The molecule has 3 heteroatoms. The lowest BCUT2D eigenvalue weighted by Crippen LogP contribution is -1.77. The molecule has 0 heterocycles. The van der Waals surface area contributed by atoms with Crippen LogP contribution >= 0.6 is 23.2 Å². The zero-order valence-electron chi connectivity index (χ0n) is 6.13. The van der Waals surface area contributed by atoms with Gasteiger partial charge in [-0.25, -0.2) is 0 Å². The second kappa shape index (κ2) is 4.29. The SMILES string of the molecule is O=C(Cl)/C=C\c1ccccc1Cl. The molecule has 0 aliphatic rings. The Bertz CT molecular complexity index is 318. The molecule has 1 aromatic carbocycles. The summed E-state index contributed by atoms with van der Waals surface area (Å²) < 4.78 is 0. The molecular formula is C9H6Cl2O. The molecule has 0 fully saturated rings. The molecule has 0 aromatic heterocycles. The molecule has 0 spiro atoms. The van der Waals surface area contributed by atoms with Crippen LogP contribution < -0.4 is 0 Å². The third-order valence-corrected chi connectivity index (χ3v) is 1.77. The van der Waals surface area contributed by atoms with Crippen LogP contribution in [0.4, 0.5) is 0 Å². The van der Waals surface area contributed by atoms with Crippen molar-refractivity contribution in [2.24, 2.45) is 0 Å². The Morgan fingerprint density at radius 3 is 2.58 bits per heavy atom. The van der Waals surface area contributed by atoms with E-state index in [-0.39, 0.29) is 0 Å². The van der Waals surface area contributed by atoms with Crippen LogP contribution in [-0.2, 0) is 4.79 Å². The van der Waals surface area contributed by atoms with Crippen LogP contribution in [0.5, 0.6) is 0 Å². The standard InChI is InChI=1S/C9H6Cl2O/c10-8-4-2-1-3-7(8)5-6-9(11)12/h1-6H/b6-5-. The first kappa shape index (κ1) is 9.30. The molecule has 0 saturated carbocycles. The van der Waals surface area contributed by atoms with Crippen molar-refractivity contribution in [1.82, 2.24) is 0 Å². The van der Waals surface area contributed by atoms with Crippen LogP contribution in [0.25, 0.3) is 6.08 Å². The molecule has 0 radical (unpaired) electrons. The molecule has 1 nitrogen and oxygen atoms in total. The molecule has 0 unspecified atom stereocenters. The van der Waals surface area contributed by atoms with Gasteiger partial charge in [-0.05, 0) is 35.4 Å². The molecule has 1 rings (SSSR count). The van der Waals surface area contributed by atoms with Gasteiger partial charge < -0.3 is 0 Å². The van der Waals surface area contributed by atoms with Crippen LogP contribution in [-0.4, -0.2) is 5.24 Å². The van der Waals surface area contributed by atoms with Crippen LogP contribution in [0.2, 0.25) is 5.02 Å². The fraction of sp³-hybridized carbons (Fsp3) is 0. The topological polar surface area (TPSA) is 17.1 Å². The number of hydrogen-bond acceptors (Lipinski definition) is 1. The van der Waals surface area contributed by atoms with Crippen molar-refractivity contribution in [3.05, 3.63) is 40.9 Å². The molecule has 0 N–H and O–H groups in total. The Morgan fingerprint density at radius 2 is 2.00 bits per heavy atom. The van der Waals surface area contributed by atoms with E-state index in [0.29, 0.717) is 5.02 Å². The highest BCUT2D eigenvalue weighted by atomic mass is 35.5. The molecule has 0 aliphatic heterocycles. The van der Waals surface area contributed by atoms with Crippen molar-refractivity contribution >= 4 is 34.5 Å². The van der Waals surface area contributed by atoms with E-state index in [0.717, 1.165) is 5.56 Å². The van der Waals surface area contributed by atoms with E-state index < -0.39 is 5.24 Å². The van der Waals surface area contributed by atoms with Crippen LogP contribution in [0.1, 0.15) is 5.56 Å². The molecule has 0 amide bonds. The minimum atomic E-state index is -0.505. The van der Waals surface area contributed by atoms with Gasteiger partial charge in [-0.2, -0.15) is 0 Å². The minimum Gasteiger partial charge on any atom is -0.276 e. The first-order valence-electron chi connectivity index (χ1n) is 3.32. The monoisotopic (exact) mass is 200 g/mol. The zero-order chi connectivity index (χ0) is 8.97. The maximum atomic E-state index is 10.4. The molecule has 62 valence electrons. The van der Waals surface area contributed by atoms with E-state index in [4.69, 9.17) is 23.2 Å². The molecule has 0 aliphatic carbocycles. The molecule has 1 aromatic rings. The maximum absolute atomic E-state index is 10.4. The fourth-order valence-corrected chi connectivity index (χ4v) is 1.03. The summed E-state index contributed by atoms with van der Waals surface area (Å²) in [5.41, 5.74) is 0.785. The predicted molar refractivity (Wildman–Crippen MR) is 51.3 cm³/mol. The summed E-state index contributed by atoms with van der Waals surface area (Å²) in [4.78, 5) is 10.4. The van der Waals surface area contributed by atoms with Gasteiger partial charge in [0.25, 0.3) is 0 Å². The lowest BCUT2D eigenvalue weighted by Gasteiger charge is -1.94. The van der Waals surface area contributed by atoms with Gasteiger partial charge in [0.15, 0.2) is 0 Å². The summed E-state index contributed by atoms with van der Waals surface area (Å²) in [6.45, 7) is 0. The Labute approximate surface area is 80.6 Å². The van der Waals surface area contributed by atoms with Crippen molar-refractivity contribution in [1.29, 1.82) is 0 Å². The first-order chi connectivity index (χ1) is 5.70. The van der Waals surface area contributed by atoms with Gasteiger partial charge in [0.2, 0.25) is 5.24 Å². The van der Waals surface area contributed by atoms with E-state index in [1.165, 1.54) is 6.08 Å². The lowest BCUT2D eigenvalue weighted by molar-refractivity contribution is -0.107. The van der Waals surface area contributed by atoms with Gasteiger partial charge in [0, 0.05) is 5.02 Å². The number of halogens is 2. The van der Waals surface area contributed by atoms with Gasteiger partial charge in [-0.15, -0.1) is 0 Å². The van der Waals surface area contributed by atoms with Gasteiger partial charge in [0.1, 0.15) is 0 Å². The van der Waals surface area contributed by atoms with Crippen molar-refractivity contribution < 1.29 is 4.79 Å². The Balaban J connectivity index is 2.89. The van der Waals surface area contributed by atoms with Crippen molar-refractivity contribution in [3.8, 4) is 0 Å². The zero-order valence-corrected chi connectivity index (χ0v) is 7.64. The van der Waals surface area contributed by atoms with Crippen molar-refractivity contribution in [2.75, 3.05) is 0 Å². The van der Waals surface area contributed by atoms with E-state index in [1.54, 1.807) is 18.2 Å². The third-order valence-electron chi connectivity index (χ3n) is 1.30. The summed E-state index contributed by atoms with van der Waals surface area (Å²) in [6.07, 6.45) is 2.85. The predicted octanol–water partition coefficient (Wildman–Crippen LogP) is 3.12. The summed E-state index contributed by atoms with van der Waals surface area (Å²) in [6, 6.07) is 7.21. The Hall–Kier alpha value is -0.790. The quantitative estimate of drug-likeness (QED) is 0.530. The molecule has 12 heavy (non-hydrogen) atoms. The second-order valence-corrected chi connectivity index (χ2v) is 2.94. The Morgan fingerprint density at radius 1 is 1.33 bits per heavy atom. The summed E-state index contributed by atoms with van der Waals surface area (Å²) in [5, 5.41) is 0.0987. The van der Waals surface area contributed by atoms with Crippen molar-refractivity contribution in [3.63, 3.8) is 0 Å². The normalized spacial score (nSPS) is 10.5. The average molecular weight is 201 g/mol. The number of hydrogen-bond donors (Lipinski definition) is 0. The van der Waals surface area contributed by atoms with Crippen LogP contribution in [0.15, 0.2) is 30.3 Å². The first-order valence-corrected chi connectivity index (χ1v) is 4.08. The van der Waals surface area contributed by atoms with Crippen molar-refractivity contribution in [2.45, 2.75) is 0 Å². The smallest absolute Gasteiger partial charge is 0.245 e. The van der Waals surface area contributed by atoms with E-state index >= 15 is 0 Å². The number of allylic oxidation sites excluding steroid dienone is 1. The summed E-state index contributed by atoms with van der Waals surface area (Å²) >= 11 is 10.9. The van der Waals surface area contributed by atoms with E-state index in [9.17, 15) is 4.79 Å². The Kier molecular flexibility index (Phi) is 3.32. The van der Waals surface area contributed by atoms with Gasteiger partial charge in [-0.1, -0.05) is 29.8 Å². The van der Waals surface area contributed by atoms with E-state index in [1.807, 2.05) is 12.1 Å². The molecule has 0 bridgehead atoms. The number of rotatable bonds is 2. The van der Waals surface area contributed by atoms with Crippen LogP contribution in [0, 0.1) is 0 Å². The van der Waals surface area contributed by atoms with E-state index in [2.05, 4.69) is 0 Å². The number of carbonyl (C=O) groups excluding carboxylic acids is 1. The number of benzene rings is 1. The molecule has 0 saturated heterocycles. The highest BCUT2D eigenvalue weighted by molar-refractivity contribution is 6.66. The maximum Gasteiger partial charge on any atom is 0.245 e.